The second-order valence-electron chi connectivity index (χ2n) is 7.51. The van der Waals surface area contributed by atoms with Gasteiger partial charge in [-0.05, 0) is 85.7 Å². The van der Waals surface area contributed by atoms with E-state index in [-0.39, 0.29) is 6.10 Å². The first-order chi connectivity index (χ1) is 14.1. The van der Waals surface area contributed by atoms with Gasteiger partial charge < -0.3 is 9.47 Å². The number of aliphatic imine (C=N–C) groups is 1. The second kappa shape index (κ2) is 10.5. The molecule has 0 heterocycles. The highest BCUT2D eigenvalue weighted by Crippen LogP contribution is 2.29. The largest absolute Gasteiger partial charge is 0.493 e. The molecule has 29 heavy (non-hydrogen) atoms. The van der Waals surface area contributed by atoms with Crippen LogP contribution in [0.5, 0.6) is 11.5 Å². The molecular weight excluding hydrogens is 358 g/mol. The van der Waals surface area contributed by atoms with Gasteiger partial charge in [-0.1, -0.05) is 36.9 Å². The van der Waals surface area contributed by atoms with E-state index in [0.717, 1.165) is 40.7 Å². The predicted molar refractivity (Wildman–Crippen MR) is 123 cm³/mol. The molecule has 150 valence electrons. The number of hydrogen-bond acceptors (Lipinski definition) is 3. The molecule has 0 atom stereocenters. The van der Waals surface area contributed by atoms with Crippen molar-refractivity contribution in [3.63, 3.8) is 0 Å². The molecule has 1 aliphatic carbocycles. The molecule has 3 rings (SSSR count). The highest BCUT2D eigenvalue weighted by molar-refractivity contribution is 5.80. The van der Waals surface area contributed by atoms with Gasteiger partial charge in [-0.3, -0.25) is 4.99 Å². The summed E-state index contributed by atoms with van der Waals surface area (Å²) in [7, 11) is 0. The molecule has 2 aromatic rings. The van der Waals surface area contributed by atoms with Crippen LogP contribution in [0.25, 0.3) is 11.6 Å². The van der Waals surface area contributed by atoms with Crippen molar-refractivity contribution in [2.75, 3.05) is 6.61 Å². The molecule has 2 aromatic carbocycles. The average molecular weight is 388 g/mol. The molecule has 0 radical (unpaired) electrons. The monoisotopic (exact) mass is 387 g/mol. The van der Waals surface area contributed by atoms with E-state index in [1.165, 1.54) is 12.8 Å². The number of benzene rings is 2. The Labute approximate surface area is 174 Å². The highest BCUT2D eigenvalue weighted by atomic mass is 16.5. The van der Waals surface area contributed by atoms with Gasteiger partial charge in [0.25, 0.3) is 0 Å². The van der Waals surface area contributed by atoms with Crippen LogP contribution in [-0.2, 0) is 0 Å². The van der Waals surface area contributed by atoms with Gasteiger partial charge in [0.1, 0.15) is 11.5 Å². The van der Waals surface area contributed by atoms with E-state index in [9.17, 15) is 0 Å². The van der Waals surface area contributed by atoms with Crippen molar-refractivity contribution in [1.82, 2.24) is 0 Å². The minimum Gasteiger partial charge on any atom is -0.493 e. The molecule has 0 saturated heterocycles. The van der Waals surface area contributed by atoms with Crippen LogP contribution in [0.3, 0.4) is 0 Å². The van der Waals surface area contributed by atoms with E-state index in [1.54, 1.807) is 12.4 Å². The lowest BCUT2D eigenvalue weighted by atomic mass is 10.1. The van der Waals surface area contributed by atoms with Gasteiger partial charge >= 0.3 is 0 Å². The highest BCUT2D eigenvalue weighted by Gasteiger charge is 2.21. The summed E-state index contributed by atoms with van der Waals surface area (Å²) in [5, 5.41) is 0. The maximum Gasteiger partial charge on any atom is 0.119 e. The van der Waals surface area contributed by atoms with Gasteiger partial charge in [0.15, 0.2) is 0 Å². The Hall–Kier alpha value is -3.07. The summed E-state index contributed by atoms with van der Waals surface area (Å²) in [6.07, 6.45) is 12.1. The minimum atomic E-state index is 0.173. The number of rotatable bonds is 10. The third kappa shape index (κ3) is 7.46. The molecular formula is C26H29NO2. The smallest absolute Gasteiger partial charge is 0.119 e. The molecule has 3 heteroatoms. The molecule has 0 aromatic heterocycles. The third-order valence-corrected chi connectivity index (χ3v) is 4.48. The summed E-state index contributed by atoms with van der Waals surface area (Å²) >= 11 is 0. The maximum absolute atomic E-state index is 5.75. The first kappa shape index (κ1) is 20.7. The van der Waals surface area contributed by atoms with Crippen LogP contribution in [0.2, 0.25) is 0 Å². The van der Waals surface area contributed by atoms with E-state index < -0.39 is 0 Å². The Balaban J connectivity index is 1.43. The van der Waals surface area contributed by atoms with Crippen LogP contribution < -0.4 is 9.47 Å². The molecule has 1 aliphatic rings. The van der Waals surface area contributed by atoms with Crippen molar-refractivity contribution in [2.24, 2.45) is 10.9 Å². The fraction of sp³-hybridized carbons (Fsp3) is 0.269. The Morgan fingerprint density at radius 1 is 1.07 bits per heavy atom. The number of nitrogens with zero attached hydrogens (tertiary/aromatic N) is 1. The zero-order valence-corrected chi connectivity index (χ0v) is 17.3. The summed E-state index contributed by atoms with van der Waals surface area (Å²) in [5.41, 5.74) is 3.08. The number of hydrogen-bond donors (Lipinski definition) is 0. The van der Waals surface area contributed by atoms with E-state index in [4.69, 9.17) is 9.47 Å². The summed E-state index contributed by atoms with van der Waals surface area (Å²) < 4.78 is 11.4. The van der Waals surface area contributed by atoms with Crippen LogP contribution in [-0.4, -0.2) is 18.9 Å². The van der Waals surface area contributed by atoms with Crippen LogP contribution in [0.4, 0.5) is 0 Å². The Bertz CT molecular complexity index is 870. The summed E-state index contributed by atoms with van der Waals surface area (Å²) in [4.78, 5) is 4.28. The van der Waals surface area contributed by atoms with Crippen LogP contribution in [0.1, 0.15) is 37.8 Å². The molecule has 1 saturated carbocycles. The van der Waals surface area contributed by atoms with Gasteiger partial charge in [-0.15, -0.1) is 0 Å². The van der Waals surface area contributed by atoms with Gasteiger partial charge in [0.05, 0.1) is 12.7 Å². The zero-order chi connectivity index (χ0) is 20.5. The summed E-state index contributed by atoms with van der Waals surface area (Å²) in [5.74, 6) is 2.57. The summed E-state index contributed by atoms with van der Waals surface area (Å²) in [6.45, 7) is 8.97. The number of allylic oxidation sites excluding steroid dienone is 3. The lowest BCUT2D eigenvalue weighted by Gasteiger charge is -2.10. The molecule has 0 bridgehead atoms. The van der Waals surface area contributed by atoms with Crippen molar-refractivity contribution < 1.29 is 9.47 Å². The van der Waals surface area contributed by atoms with Crippen molar-refractivity contribution in [1.29, 1.82) is 0 Å². The topological polar surface area (TPSA) is 30.8 Å². The lowest BCUT2D eigenvalue weighted by molar-refractivity contribution is 0.242. The third-order valence-electron chi connectivity index (χ3n) is 4.48. The normalized spacial score (nSPS) is 14.3. The van der Waals surface area contributed by atoms with Crippen LogP contribution in [0.15, 0.2) is 78.5 Å². The maximum atomic E-state index is 5.75. The molecule has 0 aliphatic heterocycles. The Morgan fingerprint density at radius 2 is 1.76 bits per heavy atom. The summed E-state index contributed by atoms with van der Waals surface area (Å²) in [6, 6.07) is 16.1. The molecule has 3 nitrogen and oxygen atoms in total. The first-order valence-electron chi connectivity index (χ1n) is 10.2. The Morgan fingerprint density at radius 3 is 2.41 bits per heavy atom. The first-order valence-corrected chi connectivity index (χ1v) is 10.2. The van der Waals surface area contributed by atoms with Crippen molar-refractivity contribution >= 4 is 17.9 Å². The average Bonchev–Trinajstić information content (AvgIpc) is 3.54. The molecule has 0 N–H and O–H groups in total. The zero-order valence-electron chi connectivity index (χ0n) is 17.3. The van der Waals surface area contributed by atoms with Crippen molar-refractivity contribution in [2.45, 2.75) is 32.8 Å². The van der Waals surface area contributed by atoms with E-state index in [1.807, 2.05) is 80.6 Å². The fourth-order valence-electron chi connectivity index (χ4n) is 2.68. The number of ether oxygens (including phenoxy) is 2. The second-order valence-corrected chi connectivity index (χ2v) is 7.51. The van der Waals surface area contributed by atoms with Gasteiger partial charge in [0, 0.05) is 12.4 Å². The van der Waals surface area contributed by atoms with Gasteiger partial charge in [-0.25, -0.2) is 0 Å². The molecule has 0 spiro atoms. The molecule has 0 unspecified atom stereocenters. The van der Waals surface area contributed by atoms with Crippen LogP contribution in [0, 0.1) is 5.92 Å². The van der Waals surface area contributed by atoms with Gasteiger partial charge in [0.2, 0.25) is 0 Å². The van der Waals surface area contributed by atoms with Crippen molar-refractivity contribution in [3.8, 4) is 11.5 Å². The van der Waals surface area contributed by atoms with Gasteiger partial charge in [-0.2, -0.15) is 0 Å². The predicted octanol–water partition coefficient (Wildman–Crippen LogP) is 6.57. The molecule has 1 fully saturated rings. The quantitative estimate of drug-likeness (QED) is 0.341. The minimum absolute atomic E-state index is 0.173. The van der Waals surface area contributed by atoms with Crippen LogP contribution >= 0.6 is 0 Å². The van der Waals surface area contributed by atoms with E-state index in [0.29, 0.717) is 0 Å². The standard InChI is InChI=1S/C26H29NO2/c1-20(2)29-26-14-10-24(11-15-26)21(3)5-4-17-27-18-16-22-8-12-25(13-9-22)28-19-23-6-7-23/h4-5,8-18,20,23H,3,6-7,19H2,1-2H3/b5-4-,18-16+,27-17-. The lowest BCUT2D eigenvalue weighted by Crippen LogP contribution is -2.05. The SMILES string of the molecule is C=C(\C=C/C=N\C=C\c1ccc(OCC2CC2)cc1)c1ccc(OC(C)C)cc1. The van der Waals surface area contributed by atoms with Crippen molar-refractivity contribution in [3.05, 3.63) is 84.6 Å². The molecule has 0 amide bonds. The van der Waals surface area contributed by atoms with E-state index >= 15 is 0 Å². The fourth-order valence-corrected chi connectivity index (χ4v) is 2.68. The van der Waals surface area contributed by atoms with E-state index in [2.05, 4.69) is 11.6 Å². The Kier molecular flexibility index (Phi) is 7.46.